The van der Waals surface area contributed by atoms with Crippen LogP contribution in [0.25, 0.3) is 10.2 Å². The number of fused-ring (bicyclic) bond motifs is 1. The molecular formula is C22H24ClN3OS. The minimum absolute atomic E-state index is 0.253. The molecule has 28 heavy (non-hydrogen) atoms. The van der Waals surface area contributed by atoms with Crippen molar-refractivity contribution in [3.8, 4) is 0 Å². The van der Waals surface area contributed by atoms with E-state index in [0.717, 1.165) is 54.6 Å². The summed E-state index contributed by atoms with van der Waals surface area (Å²) >= 11 is 7.88. The van der Waals surface area contributed by atoms with E-state index in [-0.39, 0.29) is 5.91 Å². The number of anilines is 1. The van der Waals surface area contributed by atoms with E-state index in [9.17, 15) is 4.79 Å². The second-order valence-corrected chi connectivity index (χ2v) is 8.78. The zero-order valence-corrected chi connectivity index (χ0v) is 17.6. The first-order valence-electron chi connectivity index (χ1n) is 9.73. The van der Waals surface area contributed by atoms with Crippen LogP contribution in [0.2, 0.25) is 5.02 Å². The molecule has 1 aliphatic heterocycles. The van der Waals surface area contributed by atoms with Crippen LogP contribution in [0.4, 0.5) is 5.69 Å². The fourth-order valence-electron chi connectivity index (χ4n) is 3.70. The predicted octanol–water partition coefficient (Wildman–Crippen LogP) is 4.93. The van der Waals surface area contributed by atoms with Crippen LogP contribution in [-0.4, -0.2) is 42.0 Å². The third-order valence-corrected chi connectivity index (χ3v) is 6.59. The summed E-state index contributed by atoms with van der Waals surface area (Å²) in [5.74, 6) is 0.253. The molecule has 1 fully saturated rings. The van der Waals surface area contributed by atoms with Gasteiger partial charge >= 0.3 is 0 Å². The van der Waals surface area contributed by atoms with Crippen LogP contribution in [0.3, 0.4) is 0 Å². The van der Waals surface area contributed by atoms with Gasteiger partial charge in [0.15, 0.2) is 0 Å². The molecule has 1 amide bonds. The molecule has 0 aliphatic carbocycles. The number of hydrogen-bond donors (Lipinski definition) is 0. The zero-order valence-electron chi connectivity index (χ0n) is 16.0. The summed E-state index contributed by atoms with van der Waals surface area (Å²) in [6.07, 6.45) is 2.31. The predicted molar refractivity (Wildman–Crippen MR) is 118 cm³/mol. The molecule has 2 aromatic carbocycles. The number of aromatic nitrogens is 1. The number of hydrogen-bond acceptors (Lipinski definition) is 4. The molecule has 1 aliphatic rings. The van der Waals surface area contributed by atoms with E-state index in [2.05, 4.69) is 28.9 Å². The Balaban J connectivity index is 1.26. The summed E-state index contributed by atoms with van der Waals surface area (Å²) in [5, 5.41) is 1.88. The number of rotatable bonds is 5. The molecule has 1 aromatic heterocycles. The number of aryl methyl sites for hydroxylation is 2. The Morgan fingerprint density at radius 1 is 1.14 bits per heavy atom. The van der Waals surface area contributed by atoms with Crippen molar-refractivity contribution in [1.29, 1.82) is 0 Å². The molecule has 0 radical (unpaired) electrons. The highest BCUT2D eigenvalue weighted by Gasteiger charge is 2.22. The van der Waals surface area contributed by atoms with Crippen molar-refractivity contribution in [2.45, 2.75) is 26.2 Å². The van der Waals surface area contributed by atoms with Crippen molar-refractivity contribution < 1.29 is 4.79 Å². The summed E-state index contributed by atoms with van der Waals surface area (Å²) < 4.78 is 1.22. The lowest BCUT2D eigenvalue weighted by Crippen LogP contribution is -2.49. The fraction of sp³-hybridized carbons (Fsp3) is 0.364. The van der Waals surface area contributed by atoms with Gasteiger partial charge in [-0.3, -0.25) is 4.79 Å². The highest BCUT2D eigenvalue weighted by Crippen LogP contribution is 2.26. The molecule has 0 bridgehead atoms. The van der Waals surface area contributed by atoms with Crippen LogP contribution in [-0.2, 0) is 11.2 Å². The minimum Gasteiger partial charge on any atom is -0.368 e. The lowest BCUT2D eigenvalue weighted by atomic mass is 10.1. The van der Waals surface area contributed by atoms with E-state index in [4.69, 9.17) is 11.6 Å². The highest BCUT2D eigenvalue weighted by atomic mass is 35.5. The molecule has 2 heterocycles. The number of halogens is 1. The van der Waals surface area contributed by atoms with Gasteiger partial charge in [-0.2, -0.15) is 0 Å². The summed E-state index contributed by atoms with van der Waals surface area (Å²) in [5.41, 5.74) is 3.46. The van der Waals surface area contributed by atoms with Crippen molar-refractivity contribution in [2.75, 3.05) is 31.1 Å². The number of carbonyl (C=O) groups is 1. The van der Waals surface area contributed by atoms with E-state index in [1.165, 1.54) is 16.0 Å². The maximum Gasteiger partial charge on any atom is 0.222 e. The van der Waals surface area contributed by atoms with Gasteiger partial charge in [-0.1, -0.05) is 29.8 Å². The largest absolute Gasteiger partial charge is 0.368 e. The normalized spacial score (nSPS) is 14.6. The molecule has 0 saturated carbocycles. The molecule has 0 atom stereocenters. The van der Waals surface area contributed by atoms with Gasteiger partial charge in [0.05, 0.1) is 15.2 Å². The van der Waals surface area contributed by atoms with E-state index < -0.39 is 0 Å². The number of nitrogens with zero attached hydrogens (tertiary/aromatic N) is 3. The van der Waals surface area contributed by atoms with Gasteiger partial charge < -0.3 is 9.80 Å². The van der Waals surface area contributed by atoms with Crippen LogP contribution >= 0.6 is 22.9 Å². The van der Waals surface area contributed by atoms with Gasteiger partial charge in [0.2, 0.25) is 5.91 Å². The average Bonchev–Trinajstić information content (AvgIpc) is 3.12. The Morgan fingerprint density at radius 3 is 2.71 bits per heavy atom. The third kappa shape index (κ3) is 4.31. The standard InChI is InChI=1S/C22H24ClN3OS/c1-16-9-10-17(23)15-19(16)25-11-13-26(14-12-25)22(27)8-4-7-21-24-18-5-2-3-6-20(18)28-21/h2-3,5-6,9-10,15H,4,7-8,11-14H2,1H3. The number of benzene rings is 2. The lowest BCUT2D eigenvalue weighted by molar-refractivity contribution is -0.131. The maximum absolute atomic E-state index is 12.6. The Bertz CT molecular complexity index is 946. The van der Waals surface area contributed by atoms with Crippen molar-refractivity contribution >= 4 is 44.7 Å². The summed E-state index contributed by atoms with van der Waals surface area (Å²) in [4.78, 5) is 21.6. The molecule has 6 heteroatoms. The Hall–Kier alpha value is -2.11. The number of amides is 1. The van der Waals surface area contributed by atoms with E-state index >= 15 is 0 Å². The van der Waals surface area contributed by atoms with Gasteiger partial charge in [0.1, 0.15) is 0 Å². The molecule has 4 nitrogen and oxygen atoms in total. The molecule has 3 aromatic rings. The molecule has 146 valence electrons. The number of piperazine rings is 1. The van der Waals surface area contributed by atoms with Crippen LogP contribution in [0.15, 0.2) is 42.5 Å². The number of carbonyl (C=O) groups excluding carboxylic acids is 1. The number of thiazole rings is 1. The fourth-order valence-corrected chi connectivity index (χ4v) is 4.87. The summed E-state index contributed by atoms with van der Waals surface area (Å²) in [6, 6.07) is 14.2. The SMILES string of the molecule is Cc1ccc(Cl)cc1N1CCN(C(=O)CCCc2nc3ccccc3s2)CC1. The monoisotopic (exact) mass is 413 g/mol. The van der Waals surface area contributed by atoms with Gasteiger partial charge in [-0.25, -0.2) is 4.98 Å². The molecule has 1 saturated heterocycles. The Kier molecular flexibility index (Phi) is 5.83. The Morgan fingerprint density at radius 2 is 1.93 bits per heavy atom. The van der Waals surface area contributed by atoms with E-state index in [1.54, 1.807) is 11.3 Å². The average molecular weight is 414 g/mol. The lowest BCUT2D eigenvalue weighted by Gasteiger charge is -2.37. The summed E-state index contributed by atoms with van der Waals surface area (Å²) in [6.45, 7) is 5.35. The van der Waals surface area contributed by atoms with Crippen molar-refractivity contribution in [3.05, 3.63) is 58.1 Å². The van der Waals surface area contributed by atoms with Gasteiger partial charge in [0.25, 0.3) is 0 Å². The van der Waals surface area contributed by atoms with Crippen molar-refractivity contribution in [3.63, 3.8) is 0 Å². The van der Waals surface area contributed by atoms with Crippen molar-refractivity contribution in [1.82, 2.24) is 9.88 Å². The number of para-hydroxylation sites is 1. The van der Waals surface area contributed by atoms with Gasteiger partial charge in [-0.15, -0.1) is 11.3 Å². The maximum atomic E-state index is 12.6. The first-order chi connectivity index (χ1) is 13.6. The Labute approximate surface area is 174 Å². The first-order valence-corrected chi connectivity index (χ1v) is 10.9. The van der Waals surface area contributed by atoms with Gasteiger partial charge in [-0.05, 0) is 49.6 Å². The van der Waals surface area contributed by atoms with Crippen LogP contribution in [0.1, 0.15) is 23.4 Å². The second kappa shape index (κ2) is 8.50. The van der Waals surface area contributed by atoms with Crippen molar-refractivity contribution in [2.24, 2.45) is 0 Å². The molecular weight excluding hydrogens is 390 g/mol. The molecule has 0 unspecified atom stereocenters. The highest BCUT2D eigenvalue weighted by molar-refractivity contribution is 7.18. The van der Waals surface area contributed by atoms with Crippen LogP contribution in [0, 0.1) is 6.92 Å². The van der Waals surface area contributed by atoms with E-state index in [0.29, 0.717) is 6.42 Å². The smallest absolute Gasteiger partial charge is 0.222 e. The minimum atomic E-state index is 0.253. The summed E-state index contributed by atoms with van der Waals surface area (Å²) in [7, 11) is 0. The topological polar surface area (TPSA) is 36.4 Å². The molecule has 0 N–H and O–H groups in total. The molecule has 4 rings (SSSR count). The first kappa shape index (κ1) is 19.2. The van der Waals surface area contributed by atoms with Crippen LogP contribution in [0.5, 0.6) is 0 Å². The quantitative estimate of drug-likeness (QED) is 0.595. The zero-order chi connectivity index (χ0) is 19.5. The second-order valence-electron chi connectivity index (χ2n) is 7.23. The molecule has 0 spiro atoms. The van der Waals surface area contributed by atoms with Gasteiger partial charge in [0, 0.05) is 43.3 Å². The third-order valence-electron chi connectivity index (χ3n) is 5.26. The van der Waals surface area contributed by atoms with Crippen LogP contribution < -0.4 is 4.90 Å². The van der Waals surface area contributed by atoms with E-state index in [1.807, 2.05) is 35.2 Å².